The average molecular weight is 601 g/mol. The molecule has 4 aromatic rings. The number of hydrogen-bond acceptors (Lipinski definition) is 10. The van der Waals surface area contributed by atoms with Crippen LogP contribution in [-0.2, 0) is 27.2 Å². The molecule has 5 rings (SSSR count). The number of aryl methyl sites for hydroxylation is 2. The Hall–Kier alpha value is -3.44. The van der Waals surface area contributed by atoms with E-state index in [9.17, 15) is 29.1 Å². The molecule has 15 heteroatoms. The molecular weight excluding hydrogens is 568 g/mol. The number of aliphatic hydroxyl groups is 1. The topological polar surface area (TPSA) is 209 Å². The minimum Gasteiger partial charge on any atom is -0.508 e. The lowest BCUT2D eigenvalue weighted by Gasteiger charge is -2.26. The molecule has 1 saturated carbocycles. The number of nitrogens with two attached hydrogens (primary N) is 1. The molecule has 41 heavy (non-hydrogen) atoms. The van der Waals surface area contributed by atoms with Crippen LogP contribution < -0.4 is 16.4 Å². The molecule has 8 N–H and O–H groups in total. The van der Waals surface area contributed by atoms with Gasteiger partial charge in [-0.3, -0.25) is 4.57 Å². The van der Waals surface area contributed by atoms with Gasteiger partial charge in [-0.15, -0.1) is 0 Å². The zero-order valence-electron chi connectivity index (χ0n) is 22.0. The maximum atomic E-state index is 11.8. The number of fused-ring (bicyclic) bond motifs is 1. The molecule has 2 aromatic heterocycles. The average Bonchev–Trinajstić information content (AvgIpc) is 3.35. The quantitative estimate of drug-likeness (QED) is 0.131. The van der Waals surface area contributed by atoms with Crippen molar-refractivity contribution in [2.45, 2.75) is 55.8 Å². The van der Waals surface area contributed by atoms with Crippen LogP contribution in [0.3, 0.4) is 0 Å². The number of phenolic OH excluding ortho intramolecular Hbond substituents is 1. The van der Waals surface area contributed by atoms with E-state index in [1.54, 1.807) is 24.5 Å². The highest BCUT2D eigenvalue weighted by molar-refractivity contribution is 7.62. The smallest absolute Gasteiger partial charge is 0.412 e. The van der Waals surface area contributed by atoms with Gasteiger partial charge in [0.2, 0.25) is 5.95 Å². The molecular formula is C26H32N7O6P2+. The highest BCUT2D eigenvalue weighted by atomic mass is 31.2. The fourth-order valence-corrected chi connectivity index (χ4v) is 6.12. The van der Waals surface area contributed by atoms with Crippen LogP contribution in [0.5, 0.6) is 5.75 Å². The first-order chi connectivity index (χ1) is 19.6. The van der Waals surface area contributed by atoms with Crippen LogP contribution in [0.4, 0.5) is 17.5 Å². The van der Waals surface area contributed by atoms with E-state index in [2.05, 4.69) is 20.6 Å². The van der Waals surface area contributed by atoms with E-state index >= 15 is 0 Å². The van der Waals surface area contributed by atoms with Gasteiger partial charge in [0.15, 0.2) is 17.0 Å². The molecule has 0 amide bonds. The SMILES string of the molecule is NC1CCC(Nc2nc(Nc3ccc(C(O)([PH+]=O)P(=O)(O)O)cc3)c3ncn(CCc4cccc(O)c4)c3n2)CC1. The van der Waals surface area contributed by atoms with Gasteiger partial charge in [-0.05, 0) is 74.1 Å². The number of anilines is 3. The van der Waals surface area contributed by atoms with E-state index in [4.69, 9.17) is 10.7 Å². The van der Waals surface area contributed by atoms with Gasteiger partial charge in [0.05, 0.1) is 6.33 Å². The van der Waals surface area contributed by atoms with Crippen molar-refractivity contribution in [1.29, 1.82) is 0 Å². The molecule has 0 bridgehead atoms. The van der Waals surface area contributed by atoms with Gasteiger partial charge in [-0.2, -0.15) is 9.97 Å². The highest BCUT2D eigenvalue weighted by Crippen LogP contribution is 2.61. The Morgan fingerprint density at radius 2 is 1.83 bits per heavy atom. The van der Waals surface area contributed by atoms with Crippen LogP contribution in [-0.4, -0.2) is 51.6 Å². The van der Waals surface area contributed by atoms with Crippen molar-refractivity contribution in [3.8, 4) is 5.75 Å². The number of phenols is 1. The zero-order chi connectivity index (χ0) is 29.2. The van der Waals surface area contributed by atoms with Crippen molar-refractivity contribution in [1.82, 2.24) is 19.5 Å². The summed E-state index contributed by atoms with van der Waals surface area (Å²) in [7, 11) is -6.77. The van der Waals surface area contributed by atoms with Gasteiger partial charge >= 0.3 is 21.1 Å². The minimum atomic E-state index is -5.11. The predicted molar refractivity (Wildman–Crippen MR) is 156 cm³/mol. The summed E-state index contributed by atoms with van der Waals surface area (Å²) in [6.07, 6.45) is 5.92. The molecule has 2 aromatic carbocycles. The number of aromatic hydroxyl groups is 1. The summed E-state index contributed by atoms with van der Waals surface area (Å²) in [6, 6.07) is 13.0. The lowest BCUT2D eigenvalue weighted by molar-refractivity contribution is 0.168. The van der Waals surface area contributed by atoms with Crippen LogP contribution in [0.25, 0.3) is 11.2 Å². The fourth-order valence-electron chi connectivity index (χ4n) is 4.88. The number of benzene rings is 2. The molecule has 0 aliphatic heterocycles. The molecule has 1 aliphatic rings. The number of aromatic nitrogens is 4. The first-order valence-electron chi connectivity index (χ1n) is 13.1. The molecule has 0 saturated heterocycles. The molecule has 2 heterocycles. The van der Waals surface area contributed by atoms with Crippen LogP contribution in [0.1, 0.15) is 36.8 Å². The van der Waals surface area contributed by atoms with E-state index in [-0.39, 0.29) is 23.4 Å². The number of hydrogen-bond donors (Lipinski definition) is 7. The highest BCUT2D eigenvalue weighted by Gasteiger charge is 2.56. The Bertz CT molecular complexity index is 1590. The monoisotopic (exact) mass is 600 g/mol. The molecule has 1 aliphatic carbocycles. The number of nitrogens with one attached hydrogen (secondary N) is 2. The van der Waals surface area contributed by atoms with E-state index < -0.39 is 21.1 Å². The van der Waals surface area contributed by atoms with Gasteiger partial charge in [0, 0.05) is 29.9 Å². The Labute approximate surface area is 237 Å². The second-order valence-corrected chi connectivity index (χ2v) is 13.3. The molecule has 216 valence electrons. The first-order valence-corrected chi connectivity index (χ1v) is 15.7. The first kappa shape index (κ1) is 29.1. The van der Waals surface area contributed by atoms with E-state index in [1.165, 1.54) is 24.3 Å². The Morgan fingerprint density at radius 3 is 2.49 bits per heavy atom. The summed E-state index contributed by atoms with van der Waals surface area (Å²) in [5, 5.41) is 24.0. The van der Waals surface area contributed by atoms with Crippen LogP contribution in [0.2, 0.25) is 0 Å². The van der Waals surface area contributed by atoms with Gasteiger partial charge in [-0.25, -0.2) is 4.98 Å². The van der Waals surface area contributed by atoms with Crippen LogP contribution in [0.15, 0.2) is 54.9 Å². The van der Waals surface area contributed by atoms with E-state index in [0.717, 1.165) is 31.2 Å². The molecule has 0 spiro atoms. The third-order valence-electron chi connectivity index (χ3n) is 7.23. The van der Waals surface area contributed by atoms with Crippen molar-refractivity contribution in [3.63, 3.8) is 0 Å². The summed E-state index contributed by atoms with van der Waals surface area (Å²) in [5.74, 6) is 1.02. The lowest BCUT2D eigenvalue weighted by Crippen LogP contribution is -2.33. The number of rotatable bonds is 10. The third-order valence-corrected chi connectivity index (χ3v) is 10.1. The molecule has 0 radical (unpaired) electrons. The maximum Gasteiger partial charge on any atom is 0.412 e. The van der Waals surface area contributed by atoms with E-state index in [1.807, 2.05) is 10.6 Å². The second kappa shape index (κ2) is 11.8. The van der Waals surface area contributed by atoms with Gasteiger partial charge in [0.1, 0.15) is 5.75 Å². The summed E-state index contributed by atoms with van der Waals surface area (Å²) >= 11 is 0. The van der Waals surface area contributed by atoms with Crippen molar-refractivity contribution in [2.75, 3.05) is 10.6 Å². The Balaban J connectivity index is 1.45. The summed E-state index contributed by atoms with van der Waals surface area (Å²) in [6.45, 7) is 0.555. The Morgan fingerprint density at radius 1 is 1.10 bits per heavy atom. The largest absolute Gasteiger partial charge is 0.508 e. The molecule has 2 unspecified atom stereocenters. The number of imidazole rings is 1. The van der Waals surface area contributed by atoms with Crippen LogP contribution in [0, 0.1) is 0 Å². The Kier molecular flexibility index (Phi) is 8.37. The molecule has 1 fully saturated rings. The summed E-state index contributed by atoms with van der Waals surface area (Å²) in [4.78, 5) is 33.0. The normalized spacial score (nSPS) is 19.2. The summed E-state index contributed by atoms with van der Waals surface area (Å²) < 4.78 is 25.2. The maximum absolute atomic E-state index is 11.8. The van der Waals surface area contributed by atoms with Crippen molar-refractivity contribution in [3.05, 3.63) is 66.0 Å². The van der Waals surface area contributed by atoms with Crippen molar-refractivity contribution >= 4 is 44.7 Å². The second-order valence-electron chi connectivity index (χ2n) is 10.2. The van der Waals surface area contributed by atoms with E-state index in [0.29, 0.717) is 41.6 Å². The molecule has 13 nitrogen and oxygen atoms in total. The van der Waals surface area contributed by atoms with Crippen molar-refractivity contribution < 1.29 is 29.1 Å². The van der Waals surface area contributed by atoms with Gasteiger partial charge in [0.25, 0.3) is 0 Å². The standard InChI is InChI=1S/C26H31N7O6P2/c27-18-6-10-20(11-7-18)30-25-31-23(29-19-8-4-17(5-9-19)26(35,40-36)41(37,38)39)22-24(32-25)33(15-28-22)13-12-16-2-1-3-21(34)14-16/h1-5,8-9,14-15,18,20,34-35H,6-7,10-13,27H2,(H2,37,38,39)(H2,29,30,31,32)/p+1. The lowest BCUT2D eigenvalue weighted by atomic mass is 9.92. The van der Waals surface area contributed by atoms with Crippen LogP contribution >= 0.6 is 16.1 Å². The summed E-state index contributed by atoms with van der Waals surface area (Å²) in [5.41, 5.74) is 8.46. The third kappa shape index (κ3) is 6.41. The molecule has 2 atom stereocenters. The fraction of sp³-hybridized carbons (Fsp3) is 0.346. The predicted octanol–water partition coefficient (Wildman–Crippen LogP) is 3.50. The minimum absolute atomic E-state index is 0.168. The number of nitrogens with zero attached hydrogens (tertiary/aromatic N) is 4. The van der Waals surface area contributed by atoms with Crippen molar-refractivity contribution in [2.24, 2.45) is 5.73 Å². The zero-order valence-corrected chi connectivity index (χ0v) is 23.9. The van der Waals surface area contributed by atoms with Gasteiger partial charge < -0.3 is 40.9 Å². The van der Waals surface area contributed by atoms with Gasteiger partial charge in [-0.1, -0.05) is 16.7 Å².